The summed E-state index contributed by atoms with van der Waals surface area (Å²) in [6.07, 6.45) is 2.55. The number of hydrogen-bond donors (Lipinski definition) is 1. The molecule has 0 spiro atoms. The fourth-order valence-corrected chi connectivity index (χ4v) is 1.91. The lowest BCUT2D eigenvalue weighted by molar-refractivity contribution is 0.492. The van der Waals surface area contributed by atoms with Gasteiger partial charge in [-0.15, -0.1) is 0 Å². The predicted octanol–water partition coefficient (Wildman–Crippen LogP) is 0.972. The Kier molecular flexibility index (Phi) is 3.12. The van der Waals surface area contributed by atoms with Crippen LogP contribution in [0.4, 0.5) is 0 Å². The Bertz CT molecular complexity index is 231. The molecular weight excluding hydrogens is 174 g/mol. The minimum absolute atomic E-state index is 0.185. The van der Waals surface area contributed by atoms with Gasteiger partial charge in [-0.05, 0) is 31.6 Å². The second-order valence-electron chi connectivity index (χ2n) is 3.57. The van der Waals surface area contributed by atoms with Crippen molar-refractivity contribution >= 4 is 10.0 Å². The molecule has 0 aliphatic heterocycles. The molecule has 0 amide bonds. The Balaban J connectivity index is 2.24. The third-order valence-electron chi connectivity index (χ3n) is 2.43. The molecule has 1 aliphatic carbocycles. The molecule has 0 aromatic carbocycles. The Labute approximate surface area is 74.6 Å². The van der Waals surface area contributed by atoms with Crippen molar-refractivity contribution in [2.75, 3.05) is 12.3 Å². The van der Waals surface area contributed by atoms with Gasteiger partial charge >= 0.3 is 0 Å². The van der Waals surface area contributed by atoms with Crippen molar-refractivity contribution in [1.82, 2.24) is 4.72 Å². The number of nitrogens with one attached hydrogen (secondary N) is 1. The average Bonchev–Trinajstić information content (AvgIpc) is 2.83. The monoisotopic (exact) mass is 191 g/mol. The Hall–Kier alpha value is -0.0900. The SMILES string of the molecule is CCS(=O)(=O)NCC(C)C1CC1. The van der Waals surface area contributed by atoms with Crippen molar-refractivity contribution < 1.29 is 8.42 Å². The zero-order valence-electron chi connectivity index (χ0n) is 7.71. The van der Waals surface area contributed by atoms with E-state index in [-0.39, 0.29) is 5.75 Å². The van der Waals surface area contributed by atoms with Gasteiger partial charge in [-0.25, -0.2) is 13.1 Å². The molecular formula is C8H17NO2S. The molecule has 1 unspecified atom stereocenters. The van der Waals surface area contributed by atoms with E-state index >= 15 is 0 Å². The maximum Gasteiger partial charge on any atom is 0.211 e. The molecule has 1 saturated carbocycles. The maximum absolute atomic E-state index is 11.0. The molecule has 4 heteroatoms. The van der Waals surface area contributed by atoms with Crippen molar-refractivity contribution in [2.45, 2.75) is 26.7 Å². The number of rotatable bonds is 5. The quantitative estimate of drug-likeness (QED) is 0.704. The van der Waals surface area contributed by atoms with Crippen LogP contribution in [0.5, 0.6) is 0 Å². The van der Waals surface area contributed by atoms with Crippen LogP contribution in [0.1, 0.15) is 26.7 Å². The molecule has 0 heterocycles. The molecule has 12 heavy (non-hydrogen) atoms. The van der Waals surface area contributed by atoms with E-state index in [0.29, 0.717) is 12.5 Å². The molecule has 0 radical (unpaired) electrons. The van der Waals surface area contributed by atoms with Crippen LogP contribution in [-0.2, 0) is 10.0 Å². The topological polar surface area (TPSA) is 46.2 Å². The summed E-state index contributed by atoms with van der Waals surface area (Å²) in [5, 5.41) is 0. The van der Waals surface area contributed by atoms with E-state index in [4.69, 9.17) is 0 Å². The molecule has 0 saturated heterocycles. The van der Waals surface area contributed by atoms with E-state index in [1.165, 1.54) is 12.8 Å². The fraction of sp³-hybridized carbons (Fsp3) is 1.00. The zero-order valence-corrected chi connectivity index (χ0v) is 8.52. The first kappa shape index (κ1) is 9.99. The summed E-state index contributed by atoms with van der Waals surface area (Å²) < 4.78 is 24.7. The molecule has 0 aromatic rings. The Morgan fingerprint density at radius 2 is 2.08 bits per heavy atom. The summed E-state index contributed by atoms with van der Waals surface area (Å²) in [5.74, 6) is 1.46. The van der Waals surface area contributed by atoms with Crippen LogP contribution in [0.3, 0.4) is 0 Å². The van der Waals surface area contributed by atoms with E-state index in [0.717, 1.165) is 5.92 Å². The highest BCUT2D eigenvalue weighted by atomic mass is 32.2. The molecule has 1 aliphatic rings. The summed E-state index contributed by atoms with van der Waals surface area (Å²) in [6, 6.07) is 0. The van der Waals surface area contributed by atoms with Gasteiger partial charge in [0.1, 0.15) is 0 Å². The standard InChI is InChI=1S/C8H17NO2S/c1-3-12(10,11)9-6-7(2)8-4-5-8/h7-9H,3-6H2,1-2H3. The number of sulfonamides is 1. The molecule has 1 N–H and O–H groups in total. The van der Waals surface area contributed by atoms with Gasteiger partial charge in [-0.3, -0.25) is 0 Å². The van der Waals surface area contributed by atoms with Gasteiger partial charge in [0.2, 0.25) is 10.0 Å². The lowest BCUT2D eigenvalue weighted by Crippen LogP contribution is -2.30. The van der Waals surface area contributed by atoms with Gasteiger partial charge < -0.3 is 0 Å². The summed E-state index contributed by atoms with van der Waals surface area (Å²) in [7, 11) is -2.97. The third kappa shape index (κ3) is 3.11. The minimum atomic E-state index is -2.97. The molecule has 72 valence electrons. The van der Waals surface area contributed by atoms with Crippen LogP contribution in [0.2, 0.25) is 0 Å². The van der Waals surface area contributed by atoms with Crippen molar-refractivity contribution in [3.63, 3.8) is 0 Å². The van der Waals surface area contributed by atoms with Gasteiger partial charge in [0.05, 0.1) is 5.75 Å². The highest BCUT2D eigenvalue weighted by molar-refractivity contribution is 7.89. The first-order valence-corrected chi connectivity index (χ1v) is 6.17. The van der Waals surface area contributed by atoms with Gasteiger partial charge in [0, 0.05) is 6.54 Å². The molecule has 1 atom stereocenters. The van der Waals surface area contributed by atoms with Crippen molar-refractivity contribution in [2.24, 2.45) is 11.8 Å². The molecule has 3 nitrogen and oxygen atoms in total. The van der Waals surface area contributed by atoms with Crippen molar-refractivity contribution in [3.8, 4) is 0 Å². The van der Waals surface area contributed by atoms with Gasteiger partial charge in [0.25, 0.3) is 0 Å². The molecule has 0 bridgehead atoms. The van der Waals surface area contributed by atoms with E-state index in [1.807, 2.05) is 0 Å². The van der Waals surface area contributed by atoms with E-state index in [2.05, 4.69) is 11.6 Å². The third-order valence-corrected chi connectivity index (χ3v) is 3.80. The second-order valence-corrected chi connectivity index (χ2v) is 5.66. The van der Waals surface area contributed by atoms with Crippen LogP contribution < -0.4 is 4.72 Å². The fourth-order valence-electron chi connectivity index (χ4n) is 1.19. The molecule has 1 fully saturated rings. The van der Waals surface area contributed by atoms with E-state index < -0.39 is 10.0 Å². The van der Waals surface area contributed by atoms with Gasteiger partial charge in [-0.2, -0.15) is 0 Å². The summed E-state index contributed by atoms with van der Waals surface area (Å²) in [6.45, 7) is 4.38. The van der Waals surface area contributed by atoms with E-state index in [9.17, 15) is 8.42 Å². The minimum Gasteiger partial charge on any atom is -0.215 e. The maximum atomic E-state index is 11.0. The van der Waals surface area contributed by atoms with E-state index in [1.54, 1.807) is 6.92 Å². The second kappa shape index (κ2) is 3.75. The largest absolute Gasteiger partial charge is 0.215 e. The Morgan fingerprint density at radius 3 is 2.50 bits per heavy atom. The van der Waals surface area contributed by atoms with Crippen molar-refractivity contribution in [3.05, 3.63) is 0 Å². The zero-order chi connectivity index (χ0) is 9.19. The van der Waals surface area contributed by atoms with Crippen LogP contribution >= 0.6 is 0 Å². The first-order chi connectivity index (χ1) is 5.55. The smallest absolute Gasteiger partial charge is 0.211 e. The highest BCUT2D eigenvalue weighted by Gasteiger charge is 2.28. The normalized spacial score (nSPS) is 20.8. The van der Waals surface area contributed by atoms with Crippen LogP contribution in [0.15, 0.2) is 0 Å². The van der Waals surface area contributed by atoms with Crippen LogP contribution in [-0.4, -0.2) is 20.7 Å². The predicted molar refractivity (Wildman–Crippen MR) is 49.4 cm³/mol. The van der Waals surface area contributed by atoms with Crippen LogP contribution in [0, 0.1) is 11.8 Å². The highest BCUT2D eigenvalue weighted by Crippen LogP contribution is 2.36. The summed E-state index contributed by atoms with van der Waals surface area (Å²) in [4.78, 5) is 0. The van der Waals surface area contributed by atoms with Crippen LogP contribution in [0.25, 0.3) is 0 Å². The van der Waals surface area contributed by atoms with Gasteiger partial charge in [-0.1, -0.05) is 6.92 Å². The van der Waals surface area contributed by atoms with Gasteiger partial charge in [0.15, 0.2) is 0 Å². The average molecular weight is 191 g/mol. The molecule has 1 rings (SSSR count). The number of hydrogen-bond acceptors (Lipinski definition) is 2. The summed E-state index contributed by atoms with van der Waals surface area (Å²) in [5.41, 5.74) is 0. The lowest BCUT2D eigenvalue weighted by Gasteiger charge is -2.10. The Morgan fingerprint density at radius 1 is 1.50 bits per heavy atom. The summed E-state index contributed by atoms with van der Waals surface area (Å²) >= 11 is 0. The molecule has 0 aromatic heterocycles. The van der Waals surface area contributed by atoms with Crippen molar-refractivity contribution in [1.29, 1.82) is 0 Å². The first-order valence-electron chi connectivity index (χ1n) is 4.52. The lowest BCUT2D eigenvalue weighted by atomic mass is 10.1.